The third-order valence-electron chi connectivity index (χ3n) is 5.26. The highest BCUT2D eigenvalue weighted by atomic mass is 32.1. The molecule has 1 atom stereocenters. The molecule has 2 aromatic carbocycles. The molecule has 8 nitrogen and oxygen atoms in total. The first-order valence-electron chi connectivity index (χ1n) is 11.1. The van der Waals surface area contributed by atoms with E-state index in [4.69, 9.17) is 9.15 Å². The quantitative estimate of drug-likeness (QED) is 0.343. The number of carbonyl (C=O) groups excluding carboxylic acids is 3. The monoisotopic (exact) mass is 491 g/mol. The number of nitrogens with one attached hydrogen (secondary N) is 2. The van der Waals surface area contributed by atoms with Crippen molar-refractivity contribution in [2.24, 2.45) is 5.92 Å². The van der Waals surface area contributed by atoms with Crippen LogP contribution in [0.5, 0.6) is 0 Å². The molecule has 4 rings (SSSR count). The van der Waals surface area contributed by atoms with E-state index in [9.17, 15) is 14.4 Å². The number of fused-ring (bicyclic) bond motifs is 1. The van der Waals surface area contributed by atoms with Crippen LogP contribution in [0.3, 0.4) is 0 Å². The molecular weight excluding hydrogens is 466 g/mol. The van der Waals surface area contributed by atoms with Gasteiger partial charge in [0.15, 0.2) is 12.4 Å². The molecule has 0 unspecified atom stereocenters. The number of anilines is 1. The van der Waals surface area contributed by atoms with Crippen LogP contribution in [-0.4, -0.2) is 35.4 Å². The lowest BCUT2D eigenvalue weighted by molar-refractivity contribution is -0.150. The van der Waals surface area contributed by atoms with Gasteiger partial charge in [0.05, 0.1) is 16.5 Å². The molecule has 0 bridgehead atoms. The largest absolute Gasteiger partial charge is 0.459 e. The van der Waals surface area contributed by atoms with Gasteiger partial charge in [-0.25, -0.2) is 9.78 Å². The molecule has 0 radical (unpaired) electrons. The summed E-state index contributed by atoms with van der Waals surface area (Å²) in [4.78, 5) is 41.7. The molecule has 0 aliphatic heterocycles. The molecule has 0 saturated carbocycles. The first kappa shape index (κ1) is 24.2. The molecular formula is C26H25N3O5S. The van der Waals surface area contributed by atoms with Gasteiger partial charge >= 0.3 is 5.97 Å². The zero-order valence-corrected chi connectivity index (χ0v) is 20.3. The van der Waals surface area contributed by atoms with Gasteiger partial charge in [0.2, 0.25) is 0 Å². The van der Waals surface area contributed by atoms with E-state index in [1.807, 2.05) is 31.2 Å². The number of ether oxygens (including phenoxy) is 1. The van der Waals surface area contributed by atoms with Gasteiger partial charge in [0, 0.05) is 11.3 Å². The fourth-order valence-electron chi connectivity index (χ4n) is 3.39. The van der Waals surface area contributed by atoms with Crippen molar-refractivity contribution in [3.05, 3.63) is 72.2 Å². The van der Waals surface area contributed by atoms with Gasteiger partial charge in [-0.1, -0.05) is 19.9 Å². The van der Waals surface area contributed by atoms with E-state index >= 15 is 0 Å². The Bertz CT molecular complexity index is 1340. The van der Waals surface area contributed by atoms with Gasteiger partial charge in [0.1, 0.15) is 11.0 Å². The number of aromatic nitrogens is 1. The third kappa shape index (κ3) is 5.93. The molecule has 0 fully saturated rings. The Balaban J connectivity index is 1.32. The van der Waals surface area contributed by atoms with E-state index < -0.39 is 30.4 Å². The lowest BCUT2D eigenvalue weighted by Gasteiger charge is -2.20. The predicted molar refractivity (Wildman–Crippen MR) is 134 cm³/mol. The van der Waals surface area contributed by atoms with Crippen molar-refractivity contribution in [3.8, 4) is 10.6 Å². The average molecular weight is 492 g/mol. The summed E-state index contributed by atoms with van der Waals surface area (Å²) in [6.45, 7) is 5.11. The third-order valence-corrected chi connectivity index (χ3v) is 6.32. The van der Waals surface area contributed by atoms with Crippen LogP contribution in [0.1, 0.15) is 30.0 Å². The van der Waals surface area contributed by atoms with E-state index in [0.717, 1.165) is 20.8 Å². The minimum atomic E-state index is -0.919. The Morgan fingerprint density at radius 2 is 1.86 bits per heavy atom. The molecule has 0 aliphatic carbocycles. The van der Waals surface area contributed by atoms with Crippen molar-refractivity contribution in [1.29, 1.82) is 0 Å². The van der Waals surface area contributed by atoms with Gasteiger partial charge in [0.25, 0.3) is 11.8 Å². The van der Waals surface area contributed by atoms with E-state index in [0.29, 0.717) is 5.69 Å². The number of rotatable bonds is 8. The topological polar surface area (TPSA) is 111 Å². The van der Waals surface area contributed by atoms with Crippen molar-refractivity contribution in [2.45, 2.75) is 26.8 Å². The molecule has 2 heterocycles. The summed E-state index contributed by atoms with van der Waals surface area (Å²) >= 11 is 1.61. The fourth-order valence-corrected chi connectivity index (χ4v) is 4.46. The first-order chi connectivity index (χ1) is 16.8. The summed E-state index contributed by atoms with van der Waals surface area (Å²) < 4.78 is 11.3. The van der Waals surface area contributed by atoms with E-state index in [2.05, 4.69) is 21.7 Å². The van der Waals surface area contributed by atoms with Crippen LogP contribution in [0.4, 0.5) is 5.69 Å². The zero-order chi connectivity index (χ0) is 24.9. The van der Waals surface area contributed by atoms with Crippen LogP contribution in [0.15, 0.2) is 65.3 Å². The number of nitrogens with zero attached hydrogens (tertiary/aromatic N) is 1. The van der Waals surface area contributed by atoms with E-state index in [1.54, 1.807) is 43.4 Å². The lowest BCUT2D eigenvalue weighted by atomic mass is 10.0. The number of aryl methyl sites for hydroxylation is 1. The molecule has 0 aliphatic rings. The predicted octanol–water partition coefficient (Wildman–Crippen LogP) is 4.80. The summed E-state index contributed by atoms with van der Waals surface area (Å²) in [7, 11) is 0. The molecule has 4 aromatic rings. The number of benzene rings is 2. The second kappa shape index (κ2) is 10.5. The van der Waals surface area contributed by atoms with Crippen molar-refractivity contribution in [3.63, 3.8) is 0 Å². The number of thiazole rings is 1. The highest BCUT2D eigenvalue weighted by molar-refractivity contribution is 7.21. The highest BCUT2D eigenvalue weighted by Gasteiger charge is 2.27. The standard InChI is InChI=1S/C26H25N3O5S/c1-15(2)23(29-24(31)20-5-4-12-33-20)26(32)34-14-22(30)27-18-9-7-17(8-10-18)25-28-19-11-6-16(3)13-21(19)35-25/h4-13,15,23H,14H2,1-3H3,(H,27,30)(H,29,31)/t23-/m0/s1. The van der Waals surface area contributed by atoms with Crippen LogP contribution < -0.4 is 10.6 Å². The van der Waals surface area contributed by atoms with E-state index in [1.165, 1.54) is 17.9 Å². The van der Waals surface area contributed by atoms with Crippen LogP contribution in [0, 0.1) is 12.8 Å². The van der Waals surface area contributed by atoms with Crippen molar-refractivity contribution < 1.29 is 23.5 Å². The minimum absolute atomic E-state index is 0.0885. The number of hydrogen-bond acceptors (Lipinski definition) is 7. The maximum Gasteiger partial charge on any atom is 0.329 e. The second-order valence-corrected chi connectivity index (χ2v) is 9.43. The number of esters is 1. The van der Waals surface area contributed by atoms with Gasteiger partial charge in [-0.05, 0) is 66.9 Å². The summed E-state index contributed by atoms with van der Waals surface area (Å²) in [6.07, 6.45) is 1.37. The van der Waals surface area contributed by atoms with Gasteiger partial charge in [-0.3, -0.25) is 9.59 Å². The Labute approximate surface area is 206 Å². The Morgan fingerprint density at radius 1 is 1.09 bits per heavy atom. The first-order valence-corrected chi connectivity index (χ1v) is 11.9. The molecule has 2 aromatic heterocycles. The average Bonchev–Trinajstić information content (AvgIpc) is 3.51. The van der Waals surface area contributed by atoms with Gasteiger partial charge in [-0.15, -0.1) is 11.3 Å². The van der Waals surface area contributed by atoms with Crippen molar-refractivity contribution >= 4 is 45.0 Å². The normalized spacial score (nSPS) is 11.9. The van der Waals surface area contributed by atoms with E-state index in [-0.39, 0.29) is 11.7 Å². The maximum absolute atomic E-state index is 12.5. The zero-order valence-electron chi connectivity index (χ0n) is 19.5. The molecule has 9 heteroatoms. The summed E-state index contributed by atoms with van der Waals surface area (Å²) in [6, 6.07) is 15.6. The molecule has 180 valence electrons. The van der Waals surface area contributed by atoms with Crippen LogP contribution in [0.2, 0.25) is 0 Å². The summed E-state index contributed by atoms with van der Waals surface area (Å²) in [5.41, 5.74) is 3.65. The molecule has 2 amide bonds. The molecule has 0 saturated heterocycles. The number of furan rings is 1. The van der Waals surface area contributed by atoms with Gasteiger partial charge < -0.3 is 19.8 Å². The maximum atomic E-state index is 12.5. The summed E-state index contributed by atoms with van der Waals surface area (Å²) in [5, 5.41) is 6.19. The number of amides is 2. The Morgan fingerprint density at radius 3 is 2.54 bits per heavy atom. The minimum Gasteiger partial charge on any atom is -0.459 e. The van der Waals surface area contributed by atoms with Crippen molar-refractivity contribution in [2.75, 3.05) is 11.9 Å². The SMILES string of the molecule is Cc1ccc2nc(-c3ccc(NC(=O)COC(=O)[C@@H](NC(=O)c4ccco4)C(C)C)cc3)sc2c1. The van der Waals surface area contributed by atoms with Crippen molar-refractivity contribution in [1.82, 2.24) is 10.3 Å². The summed E-state index contributed by atoms with van der Waals surface area (Å²) in [5.74, 6) is -1.87. The molecule has 2 N–H and O–H groups in total. The Hall–Kier alpha value is -3.98. The number of hydrogen-bond donors (Lipinski definition) is 2. The van der Waals surface area contributed by atoms with Crippen LogP contribution >= 0.6 is 11.3 Å². The second-order valence-electron chi connectivity index (χ2n) is 8.40. The molecule has 0 spiro atoms. The Kier molecular flexibility index (Phi) is 7.26. The lowest BCUT2D eigenvalue weighted by Crippen LogP contribution is -2.45. The fraction of sp³-hybridized carbons (Fsp3) is 0.231. The van der Waals surface area contributed by atoms with Crippen LogP contribution in [0.25, 0.3) is 20.8 Å². The van der Waals surface area contributed by atoms with Gasteiger partial charge in [-0.2, -0.15) is 0 Å². The van der Waals surface area contributed by atoms with Crippen LogP contribution in [-0.2, 0) is 14.3 Å². The molecule has 35 heavy (non-hydrogen) atoms. The number of carbonyl (C=O) groups is 3. The highest BCUT2D eigenvalue weighted by Crippen LogP contribution is 2.31. The smallest absolute Gasteiger partial charge is 0.329 e.